The first-order valence-corrected chi connectivity index (χ1v) is 13.7. The van der Waals surface area contributed by atoms with Crippen LogP contribution in [0.1, 0.15) is 38.5 Å². The molecule has 208 valence electrons. The molecule has 10 nitrogen and oxygen atoms in total. The van der Waals surface area contributed by atoms with E-state index in [0.717, 1.165) is 24.7 Å². The molecule has 4 heterocycles. The molecule has 1 saturated carbocycles. The lowest BCUT2D eigenvalue weighted by atomic mass is 9.85. The first kappa shape index (κ1) is 26.1. The van der Waals surface area contributed by atoms with Crippen LogP contribution in [0.2, 0.25) is 0 Å². The van der Waals surface area contributed by atoms with Crippen molar-refractivity contribution in [3.8, 4) is 11.6 Å². The van der Waals surface area contributed by atoms with E-state index in [-0.39, 0.29) is 30.0 Å². The zero-order valence-electron chi connectivity index (χ0n) is 22.0. The largest absolute Gasteiger partial charge is 0.474 e. The van der Waals surface area contributed by atoms with Gasteiger partial charge in [0.15, 0.2) is 5.65 Å². The molecule has 40 heavy (non-hydrogen) atoms. The minimum absolute atomic E-state index is 0.0440. The smallest absolute Gasteiger partial charge is 0.264 e. The van der Waals surface area contributed by atoms with Crippen LogP contribution in [0.5, 0.6) is 5.88 Å². The van der Waals surface area contributed by atoms with Gasteiger partial charge in [-0.1, -0.05) is 18.2 Å². The molecular weight excluding hydrogens is 515 g/mol. The number of aliphatic hydroxyl groups is 1. The Morgan fingerprint density at radius 1 is 1.02 bits per heavy atom. The van der Waals surface area contributed by atoms with Gasteiger partial charge in [-0.15, -0.1) is 0 Å². The number of carbonyl (C=O) groups excluding carboxylic acids is 1. The van der Waals surface area contributed by atoms with Gasteiger partial charge >= 0.3 is 0 Å². The van der Waals surface area contributed by atoms with E-state index in [1.54, 1.807) is 4.68 Å². The number of fused-ring (bicyclic) bond motifs is 1. The van der Waals surface area contributed by atoms with Gasteiger partial charge in [0.2, 0.25) is 11.8 Å². The van der Waals surface area contributed by atoms with E-state index in [9.17, 15) is 19.1 Å². The lowest BCUT2D eigenvalue weighted by molar-refractivity contribution is -0.141. The number of rotatable bonds is 6. The van der Waals surface area contributed by atoms with Crippen molar-refractivity contribution in [2.24, 2.45) is 5.92 Å². The Kier molecular flexibility index (Phi) is 7.05. The lowest BCUT2D eigenvalue weighted by Gasteiger charge is -2.40. The second-order valence-electron chi connectivity index (χ2n) is 10.8. The lowest BCUT2D eigenvalue weighted by Crippen LogP contribution is -2.51. The van der Waals surface area contributed by atoms with Crippen molar-refractivity contribution in [3.63, 3.8) is 0 Å². The minimum Gasteiger partial charge on any atom is -0.474 e. The summed E-state index contributed by atoms with van der Waals surface area (Å²) in [7, 11) is 0. The third-order valence-corrected chi connectivity index (χ3v) is 8.04. The number of nitrogens with zero attached hydrogens (tertiary/aromatic N) is 6. The van der Waals surface area contributed by atoms with Gasteiger partial charge < -0.3 is 14.7 Å². The first-order valence-electron chi connectivity index (χ1n) is 13.7. The molecule has 1 amide bonds. The molecule has 1 saturated heterocycles. The van der Waals surface area contributed by atoms with Crippen molar-refractivity contribution in [1.29, 1.82) is 0 Å². The second-order valence-corrected chi connectivity index (χ2v) is 10.8. The van der Waals surface area contributed by atoms with Crippen LogP contribution in [0.25, 0.3) is 16.7 Å². The highest BCUT2D eigenvalue weighted by atomic mass is 19.1. The van der Waals surface area contributed by atoms with E-state index < -0.39 is 11.4 Å². The topological polar surface area (TPSA) is 115 Å². The van der Waals surface area contributed by atoms with Gasteiger partial charge in [0, 0.05) is 25.1 Å². The number of hydrogen-bond donors (Lipinski definition) is 1. The highest BCUT2D eigenvalue weighted by Gasteiger charge is 2.37. The summed E-state index contributed by atoms with van der Waals surface area (Å²) in [6.45, 7) is 0.969. The monoisotopic (exact) mass is 546 g/mol. The quantitative estimate of drug-likeness (QED) is 0.395. The van der Waals surface area contributed by atoms with Gasteiger partial charge in [0.25, 0.3) is 5.56 Å². The first-order chi connectivity index (χ1) is 19.4. The van der Waals surface area contributed by atoms with Crippen molar-refractivity contribution in [2.45, 2.75) is 56.8 Å². The Balaban J connectivity index is 1.04. The van der Waals surface area contributed by atoms with Gasteiger partial charge in [-0.25, -0.2) is 19.0 Å². The number of carbonyl (C=O) groups is 1. The Bertz CT molecular complexity index is 1540. The minimum atomic E-state index is -1.11. The molecule has 0 radical (unpaired) electrons. The van der Waals surface area contributed by atoms with Gasteiger partial charge in [-0.05, 0) is 56.7 Å². The van der Waals surface area contributed by atoms with Crippen molar-refractivity contribution < 1.29 is 19.0 Å². The van der Waals surface area contributed by atoms with Gasteiger partial charge in [-0.2, -0.15) is 5.10 Å². The maximum atomic E-state index is 13.2. The Hall–Kier alpha value is -4.12. The van der Waals surface area contributed by atoms with Crippen LogP contribution >= 0.6 is 0 Å². The van der Waals surface area contributed by atoms with E-state index >= 15 is 0 Å². The molecule has 6 rings (SSSR count). The number of hydrogen-bond acceptors (Lipinski definition) is 7. The summed E-state index contributed by atoms with van der Waals surface area (Å²) in [6.07, 6.45) is 7.69. The van der Waals surface area contributed by atoms with Crippen molar-refractivity contribution in [2.75, 3.05) is 13.1 Å². The summed E-state index contributed by atoms with van der Waals surface area (Å²) in [5.74, 6) is 0.0114. The van der Waals surface area contributed by atoms with Crippen molar-refractivity contribution >= 4 is 16.9 Å². The normalized spacial score (nSPS) is 20.9. The zero-order valence-corrected chi connectivity index (χ0v) is 22.0. The highest BCUT2D eigenvalue weighted by Crippen LogP contribution is 2.31. The van der Waals surface area contributed by atoms with Crippen LogP contribution < -0.4 is 10.3 Å². The maximum absolute atomic E-state index is 13.2. The van der Waals surface area contributed by atoms with E-state index in [4.69, 9.17) is 4.74 Å². The fourth-order valence-electron chi connectivity index (χ4n) is 5.73. The maximum Gasteiger partial charge on any atom is 0.264 e. The molecular formula is C29H31FN6O4. The molecule has 3 aromatic heterocycles. The molecule has 1 aromatic carbocycles. The molecule has 4 aromatic rings. The summed E-state index contributed by atoms with van der Waals surface area (Å²) in [4.78, 5) is 36.7. The predicted molar refractivity (Wildman–Crippen MR) is 144 cm³/mol. The number of benzene rings is 1. The molecule has 1 aliphatic carbocycles. The van der Waals surface area contributed by atoms with Gasteiger partial charge in [0.05, 0.1) is 30.2 Å². The van der Waals surface area contributed by atoms with E-state index in [1.807, 2.05) is 35.2 Å². The molecule has 0 atom stereocenters. The molecule has 0 unspecified atom stereocenters. The van der Waals surface area contributed by atoms with Crippen LogP contribution in [0.15, 0.2) is 66.0 Å². The number of amides is 1. The number of para-hydroxylation sites is 1. The van der Waals surface area contributed by atoms with Gasteiger partial charge in [0.1, 0.15) is 23.6 Å². The van der Waals surface area contributed by atoms with Crippen molar-refractivity contribution in [1.82, 2.24) is 29.2 Å². The van der Waals surface area contributed by atoms with Gasteiger partial charge in [-0.3, -0.25) is 14.2 Å². The molecule has 2 fully saturated rings. The number of halogens is 1. The number of piperidine rings is 1. The molecule has 1 N–H and O–H groups in total. The summed E-state index contributed by atoms with van der Waals surface area (Å²) >= 11 is 0. The molecule has 2 aliphatic rings. The highest BCUT2D eigenvalue weighted by molar-refractivity contribution is 5.79. The molecule has 0 bridgehead atoms. The van der Waals surface area contributed by atoms with E-state index in [1.165, 1.54) is 29.2 Å². The number of likely N-dealkylation sites (tertiary alicyclic amines) is 1. The van der Waals surface area contributed by atoms with E-state index in [2.05, 4.69) is 15.1 Å². The fraction of sp³-hybridized carbons (Fsp3) is 0.414. The molecule has 0 spiro atoms. The van der Waals surface area contributed by atoms with Crippen LogP contribution in [0.3, 0.4) is 0 Å². The third kappa shape index (κ3) is 5.33. The summed E-state index contributed by atoms with van der Waals surface area (Å²) in [6, 6.07) is 12.3. The van der Waals surface area contributed by atoms with Crippen LogP contribution in [-0.4, -0.2) is 65.0 Å². The Morgan fingerprint density at radius 2 is 1.77 bits per heavy atom. The van der Waals surface area contributed by atoms with Crippen LogP contribution in [-0.2, 0) is 11.3 Å². The average molecular weight is 547 g/mol. The second kappa shape index (κ2) is 10.8. The Morgan fingerprint density at radius 3 is 2.48 bits per heavy atom. The third-order valence-electron chi connectivity index (χ3n) is 8.04. The predicted octanol–water partition coefficient (Wildman–Crippen LogP) is 3.11. The summed E-state index contributed by atoms with van der Waals surface area (Å²) in [5, 5.41) is 16.0. The molecule has 1 aliphatic heterocycles. The summed E-state index contributed by atoms with van der Waals surface area (Å²) < 4.78 is 22.0. The van der Waals surface area contributed by atoms with Crippen LogP contribution in [0.4, 0.5) is 4.39 Å². The number of aromatic nitrogens is 5. The standard InChI is InChI=1S/C29H31FN6O4/c30-21-8-11-25(31-16-21)40-23-9-6-20(7-10-23)27(37)34-14-12-29(39,13-15-34)18-35-19-32-26-24(28(35)38)17-33-36(26)22-4-2-1-3-5-22/h1-5,8,11,16-17,19-20,23,39H,6-7,9-10,12-15,18H2. The van der Waals surface area contributed by atoms with Crippen LogP contribution in [0, 0.1) is 11.7 Å². The fourth-order valence-corrected chi connectivity index (χ4v) is 5.73. The Labute approximate surface area is 230 Å². The zero-order chi connectivity index (χ0) is 27.7. The molecule has 11 heteroatoms. The average Bonchev–Trinajstić information content (AvgIpc) is 3.42. The number of ether oxygens (including phenoxy) is 1. The SMILES string of the molecule is O=C(C1CCC(Oc2ccc(F)cn2)CC1)N1CCC(O)(Cn2cnc3c(cnn3-c3ccccc3)c2=O)CC1. The van der Waals surface area contributed by atoms with Crippen molar-refractivity contribution in [3.05, 3.63) is 77.4 Å². The number of pyridine rings is 1. The summed E-state index contributed by atoms with van der Waals surface area (Å²) in [5.41, 5.74) is -0.0921. The van der Waals surface area contributed by atoms with E-state index in [0.29, 0.717) is 55.7 Å².